The molecule has 0 aromatic rings. The molecule has 0 spiro atoms. The first kappa shape index (κ1) is 12.8. The Bertz CT molecular complexity index is 222. The second kappa shape index (κ2) is 6.33. The lowest BCUT2D eigenvalue weighted by atomic mass is 9.84. The van der Waals surface area contributed by atoms with Crippen molar-refractivity contribution >= 4 is 12.0 Å². The van der Waals surface area contributed by atoms with Gasteiger partial charge in [-0.3, -0.25) is 4.79 Å². The molecule has 1 rings (SSSR count). The highest BCUT2D eigenvalue weighted by atomic mass is 16.4. The maximum atomic E-state index is 9.99. The fourth-order valence-corrected chi connectivity index (χ4v) is 1.54. The molecular weight excluding hydrogens is 182 g/mol. The maximum Gasteiger partial charge on any atom is 0.300 e. The molecule has 14 heavy (non-hydrogen) atoms. The number of isocyanates is 1. The Labute approximate surface area is 84.0 Å². The van der Waals surface area contributed by atoms with Crippen LogP contribution in [-0.4, -0.2) is 22.7 Å². The lowest BCUT2D eigenvalue weighted by molar-refractivity contribution is -0.134. The minimum atomic E-state index is -0.833. The third kappa shape index (κ3) is 6.38. The number of carbonyl (C=O) groups excluding carboxylic acids is 1. The zero-order valence-corrected chi connectivity index (χ0v) is 8.75. The highest BCUT2D eigenvalue weighted by Gasteiger charge is 2.25. The molecule has 80 valence electrons. The van der Waals surface area contributed by atoms with Crippen molar-refractivity contribution < 1.29 is 14.7 Å². The van der Waals surface area contributed by atoms with Crippen LogP contribution in [0.1, 0.15) is 46.0 Å². The van der Waals surface area contributed by atoms with Gasteiger partial charge in [0.2, 0.25) is 6.08 Å². The molecule has 0 aromatic carbocycles. The molecule has 0 bridgehead atoms. The van der Waals surface area contributed by atoms with Crippen LogP contribution in [-0.2, 0) is 9.59 Å². The molecule has 0 aliphatic heterocycles. The van der Waals surface area contributed by atoms with E-state index in [-0.39, 0.29) is 5.54 Å². The van der Waals surface area contributed by atoms with Crippen LogP contribution < -0.4 is 0 Å². The zero-order valence-electron chi connectivity index (χ0n) is 8.75. The first-order valence-electron chi connectivity index (χ1n) is 4.79. The van der Waals surface area contributed by atoms with Gasteiger partial charge in [0.25, 0.3) is 5.97 Å². The van der Waals surface area contributed by atoms with Gasteiger partial charge in [-0.25, -0.2) is 4.79 Å². The summed E-state index contributed by atoms with van der Waals surface area (Å²) in [6, 6.07) is 0. The predicted molar refractivity (Wildman–Crippen MR) is 52.9 cm³/mol. The second-order valence-electron chi connectivity index (χ2n) is 3.78. The van der Waals surface area contributed by atoms with Crippen LogP contribution in [0.4, 0.5) is 0 Å². The van der Waals surface area contributed by atoms with Crippen LogP contribution in [0, 0.1) is 0 Å². The van der Waals surface area contributed by atoms with E-state index in [9.17, 15) is 4.79 Å². The lowest BCUT2D eigenvalue weighted by Gasteiger charge is -2.27. The summed E-state index contributed by atoms with van der Waals surface area (Å²) in [5.41, 5.74) is -0.0694. The van der Waals surface area contributed by atoms with Crippen molar-refractivity contribution in [1.29, 1.82) is 0 Å². The first-order chi connectivity index (χ1) is 6.50. The van der Waals surface area contributed by atoms with Gasteiger partial charge in [-0.2, -0.15) is 4.99 Å². The van der Waals surface area contributed by atoms with Crippen LogP contribution in [0.5, 0.6) is 0 Å². The number of carbonyl (C=O) groups is 1. The molecule has 1 aliphatic carbocycles. The average molecular weight is 199 g/mol. The van der Waals surface area contributed by atoms with Crippen molar-refractivity contribution in [1.82, 2.24) is 0 Å². The molecule has 1 fully saturated rings. The fourth-order valence-electron chi connectivity index (χ4n) is 1.54. The number of carboxylic acid groups (broad SMARTS) is 1. The van der Waals surface area contributed by atoms with Crippen molar-refractivity contribution in [3.05, 3.63) is 0 Å². The van der Waals surface area contributed by atoms with Crippen LogP contribution in [0.2, 0.25) is 0 Å². The van der Waals surface area contributed by atoms with E-state index in [2.05, 4.69) is 4.99 Å². The Hall–Kier alpha value is -1.15. The van der Waals surface area contributed by atoms with E-state index < -0.39 is 5.97 Å². The van der Waals surface area contributed by atoms with Crippen molar-refractivity contribution in [2.24, 2.45) is 4.99 Å². The predicted octanol–water partition coefficient (Wildman–Crippen LogP) is 2.14. The Morgan fingerprint density at radius 2 is 1.79 bits per heavy atom. The summed E-state index contributed by atoms with van der Waals surface area (Å²) in [6.45, 7) is 3.12. The minimum absolute atomic E-state index is 0.0694. The molecule has 4 nitrogen and oxygen atoms in total. The van der Waals surface area contributed by atoms with Crippen LogP contribution >= 0.6 is 0 Å². The van der Waals surface area contributed by atoms with Crippen molar-refractivity contribution in [3.63, 3.8) is 0 Å². The number of hydrogen-bond donors (Lipinski definition) is 1. The van der Waals surface area contributed by atoms with E-state index in [1.54, 1.807) is 6.08 Å². The van der Waals surface area contributed by atoms with Crippen LogP contribution in [0.3, 0.4) is 0 Å². The number of aliphatic imine (C=N–C) groups is 1. The van der Waals surface area contributed by atoms with E-state index >= 15 is 0 Å². The van der Waals surface area contributed by atoms with E-state index in [1.165, 1.54) is 19.3 Å². The molecule has 0 saturated heterocycles. The molecule has 0 unspecified atom stereocenters. The topological polar surface area (TPSA) is 66.7 Å². The smallest absolute Gasteiger partial charge is 0.300 e. The summed E-state index contributed by atoms with van der Waals surface area (Å²) in [5, 5.41) is 7.42. The summed E-state index contributed by atoms with van der Waals surface area (Å²) in [5.74, 6) is -0.833. The van der Waals surface area contributed by atoms with Gasteiger partial charge < -0.3 is 5.11 Å². The van der Waals surface area contributed by atoms with E-state index in [4.69, 9.17) is 9.90 Å². The molecule has 0 heterocycles. The fraction of sp³-hybridized carbons (Fsp3) is 0.800. The Morgan fingerprint density at radius 1 is 1.36 bits per heavy atom. The normalized spacial score (nSPS) is 18.4. The summed E-state index contributed by atoms with van der Waals surface area (Å²) in [6.07, 6.45) is 7.48. The van der Waals surface area contributed by atoms with Gasteiger partial charge in [-0.15, -0.1) is 0 Å². The summed E-state index contributed by atoms with van der Waals surface area (Å²) < 4.78 is 0. The highest BCUT2D eigenvalue weighted by molar-refractivity contribution is 5.62. The third-order valence-electron chi connectivity index (χ3n) is 2.25. The minimum Gasteiger partial charge on any atom is -0.481 e. The van der Waals surface area contributed by atoms with E-state index in [0.29, 0.717) is 0 Å². The summed E-state index contributed by atoms with van der Waals surface area (Å²) >= 11 is 0. The summed E-state index contributed by atoms with van der Waals surface area (Å²) in [4.78, 5) is 22.8. The van der Waals surface area contributed by atoms with Gasteiger partial charge in [-0.05, 0) is 19.8 Å². The van der Waals surface area contributed by atoms with Gasteiger partial charge in [0.05, 0.1) is 5.54 Å². The molecule has 0 amide bonds. The highest BCUT2D eigenvalue weighted by Crippen LogP contribution is 2.30. The molecule has 0 atom stereocenters. The Morgan fingerprint density at radius 3 is 2.14 bits per heavy atom. The van der Waals surface area contributed by atoms with Gasteiger partial charge in [0.1, 0.15) is 0 Å². The van der Waals surface area contributed by atoms with E-state index in [0.717, 1.165) is 19.8 Å². The van der Waals surface area contributed by atoms with Crippen molar-refractivity contribution in [2.45, 2.75) is 51.5 Å². The zero-order chi connectivity index (χ0) is 11.0. The maximum absolute atomic E-state index is 9.99. The van der Waals surface area contributed by atoms with E-state index in [1.807, 2.05) is 6.92 Å². The molecule has 1 aliphatic rings. The average Bonchev–Trinajstić information content (AvgIpc) is 2.04. The second-order valence-corrected chi connectivity index (χ2v) is 3.78. The van der Waals surface area contributed by atoms with Crippen molar-refractivity contribution in [2.75, 3.05) is 0 Å². The SMILES string of the molecule is CC(=O)O.CC1(N=C=O)CCCCC1. The van der Waals surface area contributed by atoms with Gasteiger partial charge in [0, 0.05) is 6.92 Å². The third-order valence-corrected chi connectivity index (χ3v) is 2.25. The van der Waals surface area contributed by atoms with Crippen LogP contribution in [0.15, 0.2) is 4.99 Å². The van der Waals surface area contributed by atoms with Gasteiger partial charge >= 0.3 is 0 Å². The van der Waals surface area contributed by atoms with Gasteiger partial charge in [-0.1, -0.05) is 19.3 Å². The Kier molecular flexibility index (Phi) is 5.81. The number of rotatable bonds is 1. The number of hydrogen-bond acceptors (Lipinski definition) is 3. The molecule has 1 N–H and O–H groups in total. The molecule has 0 aromatic heterocycles. The quantitative estimate of drug-likeness (QED) is 0.519. The molecular formula is C10H17NO3. The first-order valence-corrected chi connectivity index (χ1v) is 4.79. The van der Waals surface area contributed by atoms with Crippen molar-refractivity contribution in [3.8, 4) is 0 Å². The monoisotopic (exact) mass is 199 g/mol. The number of carboxylic acids is 1. The number of nitrogens with zero attached hydrogens (tertiary/aromatic N) is 1. The summed E-state index contributed by atoms with van der Waals surface area (Å²) in [7, 11) is 0. The lowest BCUT2D eigenvalue weighted by Crippen LogP contribution is -2.24. The van der Waals surface area contributed by atoms with Crippen LogP contribution in [0.25, 0.3) is 0 Å². The molecule has 0 radical (unpaired) electrons. The number of aliphatic carboxylic acids is 1. The largest absolute Gasteiger partial charge is 0.481 e. The molecule has 4 heteroatoms. The Balaban J connectivity index is 0.000000364. The molecule has 1 saturated carbocycles. The van der Waals surface area contributed by atoms with Gasteiger partial charge in [0.15, 0.2) is 0 Å². The standard InChI is InChI=1S/C8H13NO.C2H4O2/c1-8(9-7-10)5-3-2-4-6-8;1-2(3)4/h2-6H2,1H3;1H3,(H,3,4).